The summed E-state index contributed by atoms with van der Waals surface area (Å²) in [6, 6.07) is 3.57. The molecule has 102 valence electrons. The van der Waals surface area contributed by atoms with Gasteiger partial charge in [-0.05, 0) is 24.4 Å². The van der Waals surface area contributed by atoms with E-state index in [4.69, 9.17) is 4.52 Å². The molecule has 3 rings (SSSR count). The van der Waals surface area contributed by atoms with Crippen LogP contribution in [0.25, 0.3) is 10.8 Å². The molecule has 0 unspecified atom stereocenters. The molecule has 3 aromatic rings. The lowest BCUT2D eigenvalue weighted by Gasteiger charge is -2.04. The van der Waals surface area contributed by atoms with Gasteiger partial charge in [-0.15, -0.1) is 11.3 Å². The minimum absolute atomic E-state index is 0.158. The van der Waals surface area contributed by atoms with E-state index in [0.29, 0.717) is 17.4 Å². The lowest BCUT2D eigenvalue weighted by atomic mass is 10.3. The Morgan fingerprint density at radius 3 is 3.15 bits per heavy atom. The largest absolute Gasteiger partial charge is 0.333 e. The van der Waals surface area contributed by atoms with Crippen LogP contribution in [0.5, 0.6) is 0 Å². The fraction of sp³-hybridized carbons (Fsp3) is 0.167. The van der Waals surface area contributed by atoms with E-state index in [1.807, 2.05) is 5.38 Å². The summed E-state index contributed by atoms with van der Waals surface area (Å²) < 4.78 is 6.67. The number of aryl methyl sites for hydroxylation is 1. The molecule has 0 spiro atoms. The van der Waals surface area contributed by atoms with E-state index >= 15 is 0 Å². The van der Waals surface area contributed by atoms with Gasteiger partial charge in [0, 0.05) is 12.4 Å². The molecule has 1 N–H and O–H groups in total. The average molecular weight is 289 g/mol. The highest BCUT2D eigenvalue weighted by atomic mass is 32.1. The minimum Gasteiger partial charge on any atom is -0.333 e. The van der Waals surface area contributed by atoms with Crippen LogP contribution < -0.4 is 5.32 Å². The second kappa shape index (κ2) is 5.25. The minimum atomic E-state index is -0.162. The fourth-order valence-electron chi connectivity index (χ4n) is 1.69. The van der Waals surface area contributed by atoms with Crippen molar-refractivity contribution in [3.8, 4) is 10.8 Å². The number of aromatic nitrogens is 4. The Kier molecular flexibility index (Phi) is 3.30. The first-order valence-electron chi connectivity index (χ1n) is 5.88. The van der Waals surface area contributed by atoms with Gasteiger partial charge in [-0.25, -0.2) is 0 Å². The Labute approximate surface area is 118 Å². The van der Waals surface area contributed by atoms with Gasteiger partial charge in [0.1, 0.15) is 11.4 Å². The van der Waals surface area contributed by atoms with Crippen LogP contribution in [-0.2, 0) is 11.3 Å². The second-order valence-corrected chi connectivity index (χ2v) is 4.98. The Hall–Kier alpha value is -2.48. The van der Waals surface area contributed by atoms with Crippen LogP contribution >= 0.6 is 11.3 Å². The van der Waals surface area contributed by atoms with Crippen LogP contribution in [0.15, 0.2) is 34.4 Å². The van der Waals surface area contributed by atoms with Crippen molar-refractivity contribution in [2.45, 2.75) is 13.5 Å². The SMILES string of the molecule is Cc1noc(-c2sccc2NC(=O)Cn2cccn2)n1. The summed E-state index contributed by atoms with van der Waals surface area (Å²) >= 11 is 1.43. The molecule has 0 fully saturated rings. The number of hydrogen-bond donors (Lipinski definition) is 1. The Balaban J connectivity index is 1.75. The van der Waals surface area contributed by atoms with Crippen LogP contribution in [0.3, 0.4) is 0 Å². The maximum absolute atomic E-state index is 11.9. The van der Waals surface area contributed by atoms with Crippen molar-refractivity contribution in [2.75, 3.05) is 5.32 Å². The van der Waals surface area contributed by atoms with E-state index in [0.717, 1.165) is 4.88 Å². The average Bonchev–Trinajstić information content (AvgIpc) is 3.11. The van der Waals surface area contributed by atoms with Gasteiger partial charge in [-0.1, -0.05) is 5.16 Å². The molecule has 0 radical (unpaired) electrons. The summed E-state index contributed by atoms with van der Waals surface area (Å²) in [5.41, 5.74) is 0.663. The Morgan fingerprint density at radius 1 is 1.55 bits per heavy atom. The van der Waals surface area contributed by atoms with E-state index in [2.05, 4.69) is 20.6 Å². The first kappa shape index (κ1) is 12.5. The van der Waals surface area contributed by atoms with Crippen molar-refractivity contribution < 1.29 is 9.32 Å². The van der Waals surface area contributed by atoms with Gasteiger partial charge in [-0.2, -0.15) is 10.1 Å². The zero-order chi connectivity index (χ0) is 13.9. The first-order chi connectivity index (χ1) is 9.72. The molecule has 0 aliphatic carbocycles. The predicted octanol–water partition coefficient (Wildman–Crippen LogP) is 1.94. The van der Waals surface area contributed by atoms with E-state index in [9.17, 15) is 4.79 Å². The number of carbonyl (C=O) groups excluding carboxylic acids is 1. The molecule has 8 heteroatoms. The highest BCUT2D eigenvalue weighted by Crippen LogP contribution is 2.32. The second-order valence-electron chi connectivity index (χ2n) is 4.06. The monoisotopic (exact) mass is 289 g/mol. The van der Waals surface area contributed by atoms with E-state index < -0.39 is 0 Å². The summed E-state index contributed by atoms with van der Waals surface area (Å²) in [5.74, 6) is 0.804. The molecule has 0 atom stereocenters. The van der Waals surface area contributed by atoms with Gasteiger partial charge in [0.05, 0.1) is 5.69 Å². The lowest BCUT2D eigenvalue weighted by Crippen LogP contribution is -2.18. The molecule has 0 aromatic carbocycles. The highest BCUT2D eigenvalue weighted by Gasteiger charge is 2.15. The Bertz CT molecular complexity index is 716. The van der Waals surface area contributed by atoms with E-state index in [1.165, 1.54) is 11.3 Å². The molecule has 7 nitrogen and oxygen atoms in total. The van der Waals surface area contributed by atoms with E-state index in [1.54, 1.807) is 36.1 Å². The standard InChI is InChI=1S/C12H11N5O2S/c1-8-14-12(19-16-8)11-9(3-6-20-11)15-10(18)7-17-5-2-4-13-17/h2-6H,7H2,1H3,(H,15,18). The number of amides is 1. The number of anilines is 1. The van der Waals surface area contributed by atoms with Gasteiger partial charge >= 0.3 is 0 Å². The molecule has 0 saturated heterocycles. The molecular formula is C12H11N5O2S. The smallest absolute Gasteiger partial charge is 0.270 e. The zero-order valence-corrected chi connectivity index (χ0v) is 11.4. The van der Waals surface area contributed by atoms with Crippen LogP contribution in [0.1, 0.15) is 5.82 Å². The van der Waals surface area contributed by atoms with Gasteiger partial charge < -0.3 is 9.84 Å². The number of thiophene rings is 1. The number of nitrogens with zero attached hydrogens (tertiary/aromatic N) is 4. The number of rotatable bonds is 4. The van der Waals surface area contributed by atoms with Crippen molar-refractivity contribution in [1.82, 2.24) is 19.9 Å². The van der Waals surface area contributed by atoms with E-state index in [-0.39, 0.29) is 12.5 Å². The first-order valence-corrected chi connectivity index (χ1v) is 6.76. The lowest BCUT2D eigenvalue weighted by molar-refractivity contribution is -0.116. The van der Waals surface area contributed by atoms with Crippen LogP contribution in [0, 0.1) is 6.92 Å². The highest BCUT2D eigenvalue weighted by molar-refractivity contribution is 7.14. The molecular weight excluding hydrogens is 278 g/mol. The summed E-state index contributed by atoms with van der Waals surface area (Å²) in [5, 5.41) is 12.4. The van der Waals surface area contributed by atoms with Gasteiger partial charge in [0.15, 0.2) is 5.82 Å². The molecule has 0 saturated carbocycles. The number of hydrogen-bond acceptors (Lipinski definition) is 6. The third kappa shape index (κ3) is 2.59. The fourth-order valence-corrected chi connectivity index (χ4v) is 2.46. The summed E-state index contributed by atoms with van der Waals surface area (Å²) in [4.78, 5) is 16.8. The maximum Gasteiger partial charge on any atom is 0.270 e. The van der Waals surface area contributed by atoms with Crippen LogP contribution in [0.2, 0.25) is 0 Å². The molecule has 1 amide bonds. The number of carbonyl (C=O) groups is 1. The molecule has 0 aliphatic rings. The summed E-state index contributed by atoms with van der Waals surface area (Å²) in [7, 11) is 0. The third-order valence-corrected chi connectivity index (χ3v) is 3.43. The quantitative estimate of drug-likeness (QED) is 0.793. The molecule has 0 aliphatic heterocycles. The number of nitrogens with one attached hydrogen (secondary N) is 1. The van der Waals surface area contributed by atoms with Crippen LogP contribution in [0.4, 0.5) is 5.69 Å². The van der Waals surface area contributed by atoms with Gasteiger partial charge in [0.2, 0.25) is 5.91 Å². The van der Waals surface area contributed by atoms with Crippen LogP contribution in [-0.4, -0.2) is 25.8 Å². The maximum atomic E-state index is 11.9. The molecule has 3 heterocycles. The van der Waals surface area contributed by atoms with Crippen molar-refractivity contribution >= 4 is 22.9 Å². The molecule has 20 heavy (non-hydrogen) atoms. The van der Waals surface area contributed by atoms with Gasteiger partial charge in [-0.3, -0.25) is 9.48 Å². The van der Waals surface area contributed by atoms with Crippen molar-refractivity contribution in [2.24, 2.45) is 0 Å². The Morgan fingerprint density at radius 2 is 2.45 bits per heavy atom. The zero-order valence-electron chi connectivity index (χ0n) is 10.6. The van der Waals surface area contributed by atoms with Gasteiger partial charge in [0.25, 0.3) is 5.89 Å². The van der Waals surface area contributed by atoms with Crippen molar-refractivity contribution in [3.63, 3.8) is 0 Å². The normalized spacial score (nSPS) is 10.7. The molecule has 0 bridgehead atoms. The molecule has 3 aromatic heterocycles. The summed E-state index contributed by atoms with van der Waals surface area (Å²) in [6.07, 6.45) is 3.36. The summed E-state index contributed by atoms with van der Waals surface area (Å²) in [6.45, 7) is 1.90. The predicted molar refractivity (Wildman–Crippen MR) is 73.2 cm³/mol. The third-order valence-electron chi connectivity index (χ3n) is 2.53. The topological polar surface area (TPSA) is 85.8 Å². The van der Waals surface area contributed by atoms with Crippen molar-refractivity contribution in [3.05, 3.63) is 35.7 Å². The van der Waals surface area contributed by atoms with Crippen molar-refractivity contribution in [1.29, 1.82) is 0 Å².